The predicted octanol–water partition coefficient (Wildman–Crippen LogP) is 1.80. The van der Waals surface area contributed by atoms with E-state index in [4.69, 9.17) is 4.74 Å². The number of carbonyl (C=O) groups excluding carboxylic acids is 1. The Morgan fingerprint density at radius 3 is 3.00 bits per heavy atom. The molecule has 25 heavy (non-hydrogen) atoms. The van der Waals surface area contributed by atoms with Gasteiger partial charge in [0.05, 0.1) is 30.2 Å². The normalized spacial score (nSPS) is 36.9. The van der Waals surface area contributed by atoms with E-state index < -0.39 is 6.10 Å². The smallest absolute Gasteiger partial charge is 0.336 e. The molecule has 5 nitrogen and oxygen atoms in total. The monoisotopic (exact) mass is 338 g/mol. The van der Waals surface area contributed by atoms with Crippen LogP contribution >= 0.6 is 0 Å². The number of anilines is 1. The number of benzene rings is 1. The number of rotatable bonds is 1. The standard InChI is InChI=1S/C20H22N2O3/c1-3-11-10-22-9-8-20-12-6-4-5-7-13(12)21-17(20)15(19(24)25-2)14(11)16(23)18(20)22/h3-7,14,16,18,21,23H,8-10H2,1-2H3/t14-,16+,18+,20-/m0/s1. The van der Waals surface area contributed by atoms with Gasteiger partial charge in [0.2, 0.25) is 0 Å². The molecule has 2 saturated heterocycles. The summed E-state index contributed by atoms with van der Waals surface area (Å²) in [6.45, 7) is 3.71. The second-order valence-electron chi connectivity index (χ2n) is 7.42. The zero-order valence-corrected chi connectivity index (χ0v) is 14.5. The van der Waals surface area contributed by atoms with Crippen LogP contribution in [0.4, 0.5) is 5.69 Å². The van der Waals surface area contributed by atoms with Crippen molar-refractivity contribution >= 4 is 11.7 Å². The van der Waals surface area contributed by atoms with Crippen molar-refractivity contribution in [1.29, 1.82) is 0 Å². The summed E-state index contributed by atoms with van der Waals surface area (Å²) >= 11 is 0. The Balaban J connectivity index is 1.85. The van der Waals surface area contributed by atoms with Crippen LogP contribution in [0.25, 0.3) is 0 Å². The van der Waals surface area contributed by atoms with Gasteiger partial charge in [-0.2, -0.15) is 0 Å². The van der Waals surface area contributed by atoms with Gasteiger partial charge >= 0.3 is 5.97 Å². The molecular formula is C20H22N2O3. The van der Waals surface area contributed by atoms with Crippen molar-refractivity contribution in [2.75, 3.05) is 25.5 Å². The number of aliphatic hydroxyl groups is 1. The molecule has 2 N–H and O–H groups in total. The molecule has 5 rings (SSSR count). The van der Waals surface area contributed by atoms with E-state index in [1.54, 1.807) is 0 Å². The molecule has 2 fully saturated rings. The van der Waals surface area contributed by atoms with Crippen molar-refractivity contribution in [3.63, 3.8) is 0 Å². The van der Waals surface area contributed by atoms with Gasteiger partial charge in [-0.25, -0.2) is 4.79 Å². The third-order valence-electron chi connectivity index (χ3n) is 6.61. The molecule has 2 bridgehead atoms. The van der Waals surface area contributed by atoms with Gasteiger partial charge in [-0.1, -0.05) is 24.3 Å². The number of hydrogen-bond donors (Lipinski definition) is 2. The Hall–Kier alpha value is -2.11. The van der Waals surface area contributed by atoms with Gasteiger partial charge in [0, 0.05) is 30.4 Å². The third kappa shape index (κ3) is 1.63. The van der Waals surface area contributed by atoms with Crippen molar-refractivity contribution < 1.29 is 14.6 Å². The fraction of sp³-hybridized carbons (Fsp3) is 0.450. The zero-order chi connectivity index (χ0) is 17.3. The topological polar surface area (TPSA) is 61.8 Å². The molecule has 0 amide bonds. The number of carbonyl (C=O) groups is 1. The van der Waals surface area contributed by atoms with Crippen molar-refractivity contribution in [2.24, 2.45) is 5.92 Å². The fourth-order valence-electron chi connectivity index (χ4n) is 5.70. The molecule has 1 aromatic carbocycles. The summed E-state index contributed by atoms with van der Waals surface area (Å²) in [5.74, 6) is -0.626. The maximum absolute atomic E-state index is 12.8. The molecule has 1 aliphatic carbocycles. The fourth-order valence-corrected chi connectivity index (χ4v) is 5.70. The summed E-state index contributed by atoms with van der Waals surface area (Å²) in [4.78, 5) is 15.2. The molecule has 130 valence electrons. The Bertz CT molecular complexity index is 843. The lowest BCUT2D eigenvalue weighted by Crippen LogP contribution is -2.61. The van der Waals surface area contributed by atoms with Crippen LogP contribution in [0.3, 0.4) is 0 Å². The highest BCUT2D eigenvalue weighted by Crippen LogP contribution is 2.61. The summed E-state index contributed by atoms with van der Waals surface area (Å²) in [6.07, 6.45) is 2.34. The molecule has 5 heteroatoms. The highest BCUT2D eigenvalue weighted by Gasteiger charge is 2.65. The Kier molecular flexibility index (Phi) is 3.01. The molecule has 0 saturated carbocycles. The van der Waals surface area contributed by atoms with Crippen molar-refractivity contribution in [3.05, 3.63) is 52.7 Å². The minimum absolute atomic E-state index is 0.000700. The molecule has 3 heterocycles. The molecule has 1 spiro atoms. The van der Waals surface area contributed by atoms with Gasteiger partial charge in [-0.15, -0.1) is 0 Å². The van der Waals surface area contributed by atoms with E-state index in [9.17, 15) is 9.90 Å². The van der Waals surface area contributed by atoms with E-state index in [1.165, 1.54) is 12.7 Å². The van der Waals surface area contributed by atoms with E-state index in [0.29, 0.717) is 5.57 Å². The van der Waals surface area contributed by atoms with E-state index in [2.05, 4.69) is 22.3 Å². The quantitative estimate of drug-likeness (QED) is 0.604. The van der Waals surface area contributed by atoms with Gasteiger partial charge in [-0.05, 0) is 30.5 Å². The average molecular weight is 338 g/mol. The lowest BCUT2D eigenvalue weighted by atomic mass is 9.60. The second kappa shape index (κ2) is 4.96. The first kappa shape index (κ1) is 15.2. The minimum atomic E-state index is -0.603. The number of nitrogens with one attached hydrogen (secondary N) is 1. The highest BCUT2D eigenvalue weighted by molar-refractivity contribution is 5.94. The maximum atomic E-state index is 12.8. The van der Waals surface area contributed by atoms with Crippen LogP contribution < -0.4 is 5.32 Å². The van der Waals surface area contributed by atoms with E-state index in [1.807, 2.05) is 25.1 Å². The number of esters is 1. The molecule has 3 aliphatic heterocycles. The molecular weight excluding hydrogens is 316 g/mol. The number of nitrogens with zero attached hydrogens (tertiary/aromatic N) is 1. The first-order valence-corrected chi connectivity index (χ1v) is 8.90. The number of para-hydroxylation sites is 1. The second-order valence-corrected chi connectivity index (χ2v) is 7.42. The Morgan fingerprint density at radius 2 is 2.24 bits per heavy atom. The summed E-state index contributed by atoms with van der Waals surface area (Å²) < 4.78 is 5.14. The SMILES string of the molecule is CC=C1CN2CC[C@]34C(=C(C(=O)OC)[C@H]1[C@@H](O)[C@@H]23)Nc1ccccc14. The number of methoxy groups -OCH3 is 1. The Morgan fingerprint density at radius 1 is 1.44 bits per heavy atom. The predicted molar refractivity (Wildman–Crippen MR) is 94.0 cm³/mol. The lowest BCUT2D eigenvalue weighted by Gasteiger charge is -2.51. The minimum Gasteiger partial charge on any atom is -0.466 e. The number of fused-ring (bicyclic) bond motifs is 2. The maximum Gasteiger partial charge on any atom is 0.336 e. The number of piperidine rings is 1. The number of allylic oxidation sites excluding steroid dienone is 1. The van der Waals surface area contributed by atoms with Gasteiger partial charge < -0.3 is 15.2 Å². The van der Waals surface area contributed by atoms with Crippen molar-refractivity contribution in [1.82, 2.24) is 4.90 Å². The summed E-state index contributed by atoms with van der Waals surface area (Å²) in [5.41, 5.74) is 4.56. The first-order chi connectivity index (χ1) is 12.1. The van der Waals surface area contributed by atoms with Gasteiger partial charge in [-0.3, -0.25) is 4.90 Å². The largest absolute Gasteiger partial charge is 0.466 e. The number of hydrogen-bond acceptors (Lipinski definition) is 5. The molecule has 4 aliphatic rings. The Labute approximate surface area is 147 Å². The van der Waals surface area contributed by atoms with Crippen LogP contribution in [0.1, 0.15) is 18.9 Å². The molecule has 4 atom stereocenters. The van der Waals surface area contributed by atoms with E-state index in [0.717, 1.165) is 36.5 Å². The first-order valence-electron chi connectivity index (χ1n) is 8.90. The van der Waals surface area contributed by atoms with Crippen molar-refractivity contribution in [2.45, 2.75) is 30.9 Å². The number of aliphatic hydroxyl groups excluding tert-OH is 1. The van der Waals surface area contributed by atoms with Gasteiger partial charge in [0.1, 0.15) is 0 Å². The van der Waals surface area contributed by atoms with Crippen LogP contribution in [-0.2, 0) is 14.9 Å². The van der Waals surface area contributed by atoms with Crippen LogP contribution in [0, 0.1) is 5.92 Å². The molecule has 0 unspecified atom stereocenters. The van der Waals surface area contributed by atoms with Crippen LogP contribution in [-0.4, -0.2) is 48.3 Å². The number of ether oxygens (including phenoxy) is 1. The molecule has 1 aromatic rings. The summed E-state index contributed by atoms with van der Waals surface area (Å²) in [7, 11) is 1.42. The summed E-state index contributed by atoms with van der Waals surface area (Å²) in [5, 5.41) is 14.8. The van der Waals surface area contributed by atoms with E-state index >= 15 is 0 Å². The van der Waals surface area contributed by atoms with Crippen molar-refractivity contribution in [3.8, 4) is 0 Å². The van der Waals surface area contributed by atoms with Gasteiger partial charge in [0.15, 0.2) is 0 Å². The van der Waals surface area contributed by atoms with Crippen LogP contribution in [0.5, 0.6) is 0 Å². The lowest BCUT2D eigenvalue weighted by molar-refractivity contribution is -0.138. The molecule has 0 aromatic heterocycles. The zero-order valence-electron chi connectivity index (χ0n) is 14.5. The van der Waals surface area contributed by atoms with Crippen LogP contribution in [0.15, 0.2) is 47.2 Å². The third-order valence-corrected chi connectivity index (χ3v) is 6.61. The highest BCUT2D eigenvalue weighted by atomic mass is 16.5. The summed E-state index contributed by atoms with van der Waals surface area (Å²) in [6, 6.07) is 8.23. The molecule has 0 radical (unpaired) electrons. The van der Waals surface area contributed by atoms with Crippen LogP contribution in [0.2, 0.25) is 0 Å². The average Bonchev–Trinajstić information content (AvgIpc) is 3.18. The van der Waals surface area contributed by atoms with E-state index in [-0.39, 0.29) is 23.3 Å². The van der Waals surface area contributed by atoms with Gasteiger partial charge in [0.25, 0.3) is 0 Å².